The summed E-state index contributed by atoms with van der Waals surface area (Å²) in [5.41, 5.74) is 14.2. The lowest BCUT2D eigenvalue weighted by Gasteiger charge is -2.16. The van der Waals surface area contributed by atoms with E-state index >= 15 is 0 Å². The number of fused-ring (bicyclic) bond motifs is 1. The molecule has 0 saturated heterocycles. The first-order valence-electron chi connectivity index (χ1n) is 11.0. The zero-order valence-corrected chi connectivity index (χ0v) is 18.6. The molecule has 1 atom stereocenters. The third-order valence-corrected chi connectivity index (χ3v) is 5.51. The average Bonchev–Trinajstić information content (AvgIpc) is 3.27. The number of pyridine rings is 1. The number of nitrogens with one attached hydrogen (secondary N) is 2. The van der Waals surface area contributed by atoms with Gasteiger partial charge >= 0.3 is 5.97 Å². The van der Waals surface area contributed by atoms with Crippen LogP contribution in [0.1, 0.15) is 35.7 Å². The second-order valence-electron chi connectivity index (χ2n) is 7.92. The van der Waals surface area contributed by atoms with E-state index in [2.05, 4.69) is 44.5 Å². The molecular weight excluding hydrogens is 430 g/mol. The van der Waals surface area contributed by atoms with Gasteiger partial charge in [-0.05, 0) is 30.0 Å². The normalized spacial score (nSPS) is 11.9. The van der Waals surface area contributed by atoms with E-state index in [1.165, 1.54) is 0 Å². The molecule has 0 unspecified atom stereocenters. The predicted molar refractivity (Wildman–Crippen MR) is 133 cm³/mol. The standard InChI is InChI=1S/C25H27N7O2/c26-25(27)29-14-7-12-19(24(33)34)31-23-21-18(13-15-28-23)30-22(32-21)20(16-8-3-1-4-9-16)17-10-5-2-6-11-17/h1-6,8-11,13,15,19-20H,7,12,14H2,(H,28,31)(H,30,32)(H,33,34)(H4,26,27,29)/t19-/m0/s1. The molecule has 9 heteroatoms. The lowest BCUT2D eigenvalue weighted by Crippen LogP contribution is -2.30. The van der Waals surface area contributed by atoms with Crippen molar-refractivity contribution in [1.82, 2.24) is 15.0 Å². The Labute approximate surface area is 197 Å². The maximum Gasteiger partial charge on any atom is 0.326 e. The molecule has 7 N–H and O–H groups in total. The monoisotopic (exact) mass is 457 g/mol. The predicted octanol–water partition coefficient (Wildman–Crippen LogP) is 3.06. The van der Waals surface area contributed by atoms with Crippen LogP contribution in [-0.4, -0.2) is 44.6 Å². The number of aromatic amines is 1. The number of anilines is 1. The topological polar surface area (TPSA) is 155 Å². The fourth-order valence-electron chi connectivity index (χ4n) is 3.92. The Hall–Kier alpha value is -4.40. The largest absolute Gasteiger partial charge is 0.480 e. The Morgan fingerprint density at radius 3 is 2.26 bits per heavy atom. The minimum absolute atomic E-state index is 0.0123. The second kappa shape index (κ2) is 10.5. The van der Waals surface area contributed by atoms with Crippen LogP contribution < -0.4 is 16.8 Å². The third kappa shape index (κ3) is 5.32. The first kappa shape index (κ1) is 22.8. The minimum Gasteiger partial charge on any atom is -0.480 e. The molecule has 0 spiro atoms. The van der Waals surface area contributed by atoms with Gasteiger partial charge < -0.3 is 26.9 Å². The van der Waals surface area contributed by atoms with Crippen LogP contribution in [0.15, 0.2) is 77.9 Å². The van der Waals surface area contributed by atoms with Crippen LogP contribution in [0, 0.1) is 0 Å². The molecule has 0 aliphatic rings. The molecule has 4 aromatic rings. The third-order valence-electron chi connectivity index (χ3n) is 5.51. The number of carboxylic acids is 1. The Morgan fingerprint density at radius 1 is 1.03 bits per heavy atom. The number of aromatic nitrogens is 3. The minimum atomic E-state index is -0.981. The number of hydrogen-bond acceptors (Lipinski definition) is 5. The lowest BCUT2D eigenvalue weighted by atomic mass is 9.91. The molecule has 2 aromatic heterocycles. The maximum atomic E-state index is 11.8. The van der Waals surface area contributed by atoms with Gasteiger partial charge in [0.05, 0.1) is 11.4 Å². The number of carboxylic acid groups (broad SMARTS) is 1. The number of rotatable bonds is 10. The number of guanidine groups is 1. The van der Waals surface area contributed by atoms with Gasteiger partial charge in [0.2, 0.25) is 0 Å². The fourth-order valence-corrected chi connectivity index (χ4v) is 3.92. The molecule has 0 aliphatic heterocycles. The summed E-state index contributed by atoms with van der Waals surface area (Å²) >= 11 is 0. The average molecular weight is 458 g/mol. The van der Waals surface area contributed by atoms with Gasteiger partial charge in [-0.2, -0.15) is 0 Å². The van der Waals surface area contributed by atoms with Crippen molar-refractivity contribution in [1.29, 1.82) is 0 Å². The van der Waals surface area contributed by atoms with Gasteiger partial charge in [0.1, 0.15) is 17.4 Å². The summed E-state index contributed by atoms with van der Waals surface area (Å²) in [5, 5.41) is 12.7. The van der Waals surface area contributed by atoms with Crippen LogP contribution in [0.25, 0.3) is 11.0 Å². The molecule has 0 bridgehead atoms. The first-order valence-corrected chi connectivity index (χ1v) is 11.0. The highest BCUT2D eigenvalue weighted by Gasteiger charge is 2.23. The summed E-state index contributed by atoms with van der Waals surface area (Å²) < 4.78 is 0. The summed E-state index contributed by atoms with van der Waals surface area (Å²) in [7, 11) is 0. The van der Waals surface area contributed by atoms with Crippen LogP contribution in [0.5, 0.6) is 0 Å². The number of aliphatic imine (C=N–C) groups is 1. The van der Waals surface area contributed by atoms with Gasteiger partial charge in [-0.25, -0.2) is 14.8 Å². The van der Waals surface area contributed by atoms with Crippen molar-refractivity contribution in [2.24, 2.45) is 16.5 Å². The Balaban J connectivity index is 1.66. The smallest absolute Gasteiger partial charge is 0.326 e. The van der Waals surface area contributed by atoms with E-state index in [9.17, 15) is 9.90 Å². The summed E-state index contributed by atoms with van der Waals surface area (Å²) in [6, 6.07) is 21.2. The highest BCUT2D eigenvalue weighted by atomic mass is 16.4. The lowest BCUT2D eigenvalue weighted by molar-refractivity contribution is -0.138. The van der Waals surface area contributed by atoms with Crippen molar-refractivity contribution in [3.05, 3.63) is 89.9 Å². The highest BCUT2D eigenvalue weighted by Crippen LogP contribution is 2.32. The molecule has 174 valence electrons. The number of nitrogens with zero attached hydrogens (tertiary/aromatic N) is 3. The van der Waals surface area contributed by atoms with Crippen molar-refractivity contribution in [2.45, 2.75) is 24.8 Å². The van der Waals surface area contributed by atoms with Crippen LogP contribution in [0.2, 0.25) is 0 Å². The molecule has 0 fully saturated rings. The fraction of sp³-hybridized carbons (Fsp3) is 0.200. The Bertz CT molecular complexity index is 1230. The summed E-state index contributed by atoms with van der Waals surface area (Å²) in [4.78, 5) is 28.4. The van der Waals surface area contributed by atoms with E-state index in [1.807, 2.05) is 42.5 Å². The first-order chi connectivity index (χ1) is 16.5. The van der Waals surface area contributed by atoms with Gasteiger partial charge in [0.15, 0.2) is 11.8 Å². The molecule has 2 heterocycles. The molecule has 0 aliphatic carbocycles. The molecule has 4 rings (SSSR count). The van der Waals surface area contributed by atoms with Crippen molar-refractivity contribution >= 4 is 28.8 Å². The van der Waals surface area contributed by atoms with E-state index < -0.39 is 12.0 Å². The number of carbonyl (C=O) groups is 1. The summed E-state index contributed by atoms with van der Waals surface area (Å²) in [6.07, 6.45) is 2.47. The number of nitrogens with two attached hydrogens (primary N) is 2. The summed E-state index contributed by atoms with van der Waals surface area (Å²) in [6.45, 7) is 0.355. The number of benzene rings is 2. The Kier molecular flexibility index (Phi) is 7.02. The molecule has 0 radical (unpaired) electrons. The summed E-state index contributed by atoms with van der Waals surface area (Å²) in [5.74, 6) is 0.0575. The van der Waals surface area contributed by atoms with Crippen LogP contribution in [-0.2, 0) is 4.79 Å². The van der Waals surface area contributed by atoms with Crippen molar-refractivity contribution in [3.8, 4) is 0 Å². The van der Waals surface area contributed by atoms with Gasteiger partial charge in [-0.1, -0.05) is 60.7 Å². The zero-order chi connectivity index (χ0) is 23.9. The SMILES string of the molecule is NC(N)=NCCC[C@H](Nc1nccc2[nH]c(C(c3ccccc3)c3ccccc3)nc12)C(=O)O. The van der Waals surface area contributed by atoms with E-state index in [4.69, 9.17) is 16.5 Å². The number of imidazole rings is 1. The van der Waals surface area contributed by atoms with Gasteiger partial charge in [-0.15, -0.1) is 0 Å². The zero-order valence-electron chi connectivity index (χ0n) is 18.6. The van der Waals surface area contributed by atoms with Crippen LogP contribution in [0.3, 0.4) is 0 Å². The van der Waals surface area contributed by atoms with E-state index in [1.54, 1.807) is 6.20 Å². The molecule has 9 nitrogen and oxygen atoms in total. The molecule has 0 amide bonds. The van der Waals surface area contributed by atoms with E-state index in [0.29, 0.717) is 30.7 Å². The molecule has 2 aromatic carbocycles. The number of aliphatic carboxylic acids is 1. The molecule has 0 saturated carbocycles. The number of hydrogen-bond donors (Lipinski definition) is 5. The highest BCUT2D eigenvalue weighted by molar-refractivity contribution is 5.88. The van der Waals surface area contributed by atoms with Crippen molar-refractivity contribution < 1.29 is 9.90 Å². The number of H-pyrrole nitrogens is 1. The van der Waals surface area contributed by atoms with Gasteiger partial charge in [0.25, 0.3) is 0 Å². The van der Waals surface area contributed by atoms with E-state index in [-0.39, 0.29) is 11.9 Å². The Morgan fingerprint density at radius 2 is 1.68 bits per heavy atom. The van der Waals surface area contributed by atoms with Crippen molar-refractivity contribution in [2.75, 3.05) is 11.9 Å². The van der Waals surface area contributed by atoms with Crippen molar-refractivity contribution in [3.63, 3.8) is 0 Å². The van der Waals surface area contributed by atoms with Gasteiger partial charge in [0, 0.05) is 12.7 Å². The molecular formula is C25H27N7O2. The van der Waals surface area contributed by atoms with Crippen LogP contribution in [0.4, 0.5) is 5.82 Å². The maximum absolute atomic E-state index is 11.8. The molecule has 34 heavy (non-hydrogen) atoms. The van der Waals surface area contributed by atoms with Crippen LogP contribution >= 0.6 is 0 Å². The second-order valence-corrected chi connectivity index (χ2v) is 7.92. The quantitative estimate of drug-likeness (QED) is 0.139. The van der Waals surface area contributed by atoms with Gasteiger partial charge in [-0.3, -0.25) is 4.99 Å². The van der Waals surface area contributed by atoms with E-state index in [0.717, 1.165) is 22.5 Å².